The minimum atomic E-state index is 0.696. The molecule has 0 saturated carbocycles. The van der Waals surface area contributed by atoms with Gasteiger partial charge in [0.05, 0.1) is 6.07 Å². The molecule has 0 N–H and O–H groups in total. The largest absolute Gasteiger partial charge is 0.381 e. The molecule has 0 aliphatic carbocycles. The highest BCUT2D eigenvalue weighted by Gasteiger charge is 2.17. The van der Waals surface area contributed by atoms with E-state index in [1.54, 1.807) is 0 Å². The van der Waals surface area contributed by atoms with Crippen molar-refractivity contribution in [2.75, 3.05) is 26.8 Å². The van der Waals surface area contributed by atoms with E-state index in [1.165, 1.54) is 0 Å². The van der Waals surface area contributed by atoms with Crippen molar-refractivity contribution >= 4 is 0 Å². The molecular weight excluding hydrogens is 176 g/mol. The highest BCUT2D eigenvalue weighted by atomic mass is 16.5. The fourth-order valence-electron chi connectivity index (χ4n) is 1.87. The summed E-state index contributed by atoms with van der Waals surface area (Å²) in [6, 6.07) is 2.88. The lowest BCUT2D eigenvalue weighted by Gasteiger charge is -2.31. The van der Waals surface area contributed by atoms with E-state index in [0.29, 0.717) is 12.5 Å². The van der Waals surface area contributed by atoms with E-state index in [9.17, 15) is 0 Å². The molecule has 0 atom stereocenters. The Morgan fingerprint density at radius 1 is 1.36 bits per heavy atom. The molecule has 3 heteroatoms. The summed E-state index contributed by atoms with van der Waals surface area (Å²) in [5.74, 6) is 0. The SMILES string of the molecule is CN(CCCCC#N)C1CCOCC1. The Hall–Kier alpha value is -0.590. The minimum absolute atomic E-state index is 0.696. The molecule has 0 aromatic rings. The summed E-state index contributed by atoms with van der Waals surface area (Å²) < 4.78 is 5.32. The van der Waals surface area contributed by atoms with E-state index >= 15 is 0 Å². The predicted molar refractivity (Wildman–Crippen MR) is 55.9 cm³/mol. The zero-order chi connectivity index (χ0) is 10.2. The fraction of sp³-hybridized carbons (Fsp3) is 0.909. The van der Waals surface area contributed by atoms with Gasteiger partial charge in [0.25, 0.3) is 0 Å². The van der Waals surface area contributed by atoms with Crippen molar-refractivity contribution in [1.82, 2.24) is 4.90 Å². The molecule has 80 valence electrons. The van der Waals surface area contributed by atoms with Gasteiger partial charge < -0.3 is 9.64 Å². The van der Waals surface area contributed by atoms with Crippen molar-refractivity contribution in [3.05, 3.63) is 0 Å². The van der Waals surface area contributed by atoms with Gasteiger partial charge in [0, 0.05) is 25.7 Å². The van der Waals surface area contributed by atoms with Crippen LogP contribution >= 0.6 is 0 Å². The summed E-state index contributed by atoms with van der Waals surface area (Å²) in [6.45, 7) is 2.94. The van der Waals surface area contributed by atoms with Gasteiger partial charge in [0.15, 0.2) is 0 Å². The highest BCUT2D eigenvalue weighted by molar-refractivity contribution is 4.73. The second kappa shape index (κ2) is 6.80. The van der Waals surface area contributed by atoms with Gasteiger partial charge in [0.2, 0.25) is 0 Å². The molecule has 0 amide bonds. The van der Waals surface area contributed by atoms with Crippen molar-refractivity contribution in [3.63, 3.8) is 0 Å². The maximum Gasteiger partial charge on any atom is 0.0621 e. The van der Waals surface area contributed by atoms with Crippen molar-refractivity contribution in [3.8, 4) is 6.07 Å². The van der Waals surface area contributed by atoms with Crippen LogP contribution in [0.25, 0.3) is 0 Å². The minimum Gasteiger partial charge on any atom is -0.381 e. The fourth-order valence-corrected chi connectivity index (χ4v) is 1.87. The van der Waals surface area contributed by atoms with Gasteiger partial charge in [-0.3, -0.25) is 0 Å². The van der Waals surface area contributed by atoms with Crippen LogP contribution in [0.4, 0.5) is 0 Å². The summed E-state index contributed by atoms with van der Waals surface area (Å²) in [5.41, 5.74) is 0. The predicted octanol–water partition coefficient (Wildman–Crippen LogP) is 1.79. The first-order chi connectivity index (χ1) is 6.84. The van der Waals surface area contributed by atoms with Crippen LogP contribution in [0.2, 0.25) is 0 Å². The lowest BCUT2D eigenvalue weighted by molar-refractivity contribution is 0.0426. The molecule has 0 aromatic heterocycles. The van der Waals surface area contributed by atoms with Gasteiger partial charge >= 0.3 is 0 Å². The zero-order valence-corrected chi connectivity index (χ0v) is 9.04. The van der Waals surface area contributed by atoms with E-state index in [0.717, 1.165) is 45.4 Å². The number of nitrogens with zero attached hydrogens (tertiary/aromatic N) is 2. The van der Waals surface area contributed by atoms with Crippen molar-refractivity contribution in [2.45, 2.75) is 38.1 Å². The van der Waals surface area contributed by atoms with Gasteiger partial charge in [-0.05, 0) is 39.3 Å². The van der Waals surface area contributed by atoms with Crippen LogP contribution in [0.15, 0.2) is 0 Å². The van der Waals surface area contributed by atoms with Crippen LogP contribution < -0.4 is 0 Å². The third kappa shape index (κ3) is 4.08. The maximum absolute atomic E-state index is 8.40. The highest BCUT2D eigenvalue weighted by Crippen LogP contribution is 2.13. The van der Waals surface area contributed by atoms with Crippen LogP contribution in [0.5, 0.6) is 0 Å². The van der Waals surface area contributed by atoms with Gasteiger partial charge in [-0.2, -0.15) is 5.26 Å². The van der Waals surface area contributed by atoms with E-state index < -0.39 is 0 Å². The van der Waals surface area contributed by atoms with Crippen molar-refractivity contribution < 1.29 is 4.74 Å². The molecule has 14 heavy (non-hydrogen) atoms. The Bertz CT molecular complexity index is 182. The first-order valence-electron chi connectivity index (χ1n) is 5.49. The van der Waals surface area contributed by atoms with Crippen LogP contribution in [0.3, 0.4) is 0 Å². The van der Waals surface area contributed by atoms with E-state index in [1.807, 2.05) is 0 Å². The van der Waals surface area contributed by atoms with Gasteiger partial charge in [-0.1, -0.05) is 0 Å². The number of nitriles is 1. The second-order valence-corrected chi connectivity index (χ2v) is 3.94. The molecule has 1 fully saturated rings. The Morgan fingerprint density at radius 3 is 2.71 bits per heavy atom. The second-order valence-electron chi connectivity index (χ2n) is 3.94. The van der Waals surface area contributed by atoms with E-state index in [-0.39, 0.29) is 0 Å². The Labute approximate surface area is 86.6 Å². The summed E-state index contributed by atoms with van der Waals surface area (Å²) in [6.07, 6.45) is 5.19. The van der Waals surface area contributed by atoms with E-state index in [4.69, 9.17) is 10.00 Å². The first kappa shape index (κ1) is 11.5. The first-order valence-corrected chi connectivity index (χ1v) is 5.49. The smallest absolute Gasteiger partial charge is 0.0621 e. The molecule has 1 aliphatic rings. The number of hydrogen-bond donors (Lipinski definition) is 0. The van der Waals surface area contributed by atoms with Crippen molar-refractivity contribution in [1.29, 1.82) is 5.26 Å². The quantitative estimate of drug-likeness (QED) is 0.629. The normalized spacial score (nSPS) is 18.4. The molecule has 0 aromatic carbocycles. The zero-order valence-electron chi connectivity index (χ0n) is 9.04. The number of unbranched alkanes of at least 4 members (excludes halogenated alkanes) is 2. The lowest BCUT2D eigenvalue weighted by atomic mass is 10.1. The Kier molecular flexibility index (Phi) is 5.58. The number of rotatable bonds is 5. The van der Waals surface area contributed by atoms with Crippen molar-refractivity contribution in [2.24, 2.45) is 0 Å². The van der Waals surface area contributed by atoms with Crippen LogP contribution in [0, 0.1) is 11.3 Å². The summed E-state index contributed by atoms with van der Waals surface area (Å²) in [4.78, 5) is 2.42. The average molecular weight is 196 g/mol. The van der Waals surface area contributed by atoms with Crippen LogP contribution in [-0.2, 0) is 4.74 Å². The molecule has 0 radical (unpaired) electrons. The number of hydrogen-bond acceptors (Lipinski definition) is 3. The summed E-state index contributed by atoms with van der Waals surface area (Å²) >= 11 is 0. The molecule has 0 spiro atoms. The molecule has 1 heterocycles. The van der Waals surface area contributed by atoms with E-state index in [2.05, 4.69) is 18.0 Å². The van der Waals surface area contributed by atoms with Gasteiger partial charge in [0.1, 0.15) is 0 Å². The summed E-state index contributed by atoms with van der Waals surface area (Å²) in [5, 5.41) is 8.40. The summed E-state index contributed by atoms with van der Waals surface area (Å²) in [7, 11) is 2.18. The van der Waals surface area contributed by atoms with Gasteiger partial charge in [-0.25, -0.2) is 0 Å². The third-order valence-electron chi connectivity index (χ3n) is 2.86. The molecule has 1 rings (SSSR count). The Balaban J connectivity index is 2.07. The van der Waals surface area contributed by atoms with Crippen LogP contribution in [-0.4, -0.2) is 37.7 Å². The molecule has 1 aliphatic heterocycles. The molecule has 3 nitrogen and oxygen atoms in total. The molecular formula is C11H20N2O. The molecule has 1 saturated heterocycles. The van der Waals surface area contributed by atoms with Crippen LogP contribution in [0.1, 0.15) is 32.1 Å². The Morgan fingerprint density at radius 2 is 2.07 bits per heavy atom. The maximum atomic E-state index is 8.40. The molecule has 0 unspecified atom stereocenters. The monoisotopic (exact) mass is 196 g/mol. The standard InChI is InChI=1S/C11H20N2O/c1-13(8-4-2-3-7-12)11-5-9-14-10-6-11/h11H,2-6,8-10H2,1H3. The van der Waals surface area contributed by atoms with Gasteiger partial charge in [-0.15, -0.1) is 0 Å². The molecule has 0 bridgehead atoms. The average Bonchev–Trinajstić information content (AvgIpc) is 2.25. The topological polar surface area (TPSA) is 36.3 Å². The number of ether oxygens (including phenoxy) is 1. The lowest BCUT2D eigenvalue weighted by Crippen LogP contribution is -2.37. The third-order valence-corrected chi connectivity index (χ3v) is 2.86.